The average Bonchev–Trinajstić information content (AvgIpc) is 2.54. The first kappa shape index (κ1) is 14.7. The van der Waals surface area contributed by atoms with Gasteiger partial charge in [0.2, 0.25) is 0 Å². The second-order valence-electron chi connectivity index (χ2n) is 5.66. The van der Waals surface area contributed by atoms with E-state index in [-0.39, 0.29) is 0 Å². The monoisotopic (exact) mass is 298 g/mol. The zero-order chi connectivity index (χ0) is 15.4. The van der Waals surface area contributed by atoms with Crippen molar-refractivity contribution in [2.75, 3.05) is 43.4 Å². The number of nitrogens with one attached hydrogen (secondary N) is 1. The number of piperazine rings is 1. The third-order valence-corrected chi connectivity index (χ3v) is 3.87. The van der Waals surface area contributed by atoms with Crippen LogP contribution in [0.4, 0.5) is 11.6 Å². The first-order chi connectivity index (χ1) is 10.7. The molecule has 0 saturated carbocycles. The number of hydrogen-bond donors (Lipinski definition) is 1. The maximum Gasteiger partial charge on any atom is 0.134 e. The van der Waals surface area contributed by atoms with Gasteiger partial charge in [0.15, 0.2) is 0 Å². The SMILES string of the molecule is Cc1nc(NCc2ccncc2)cc(N2CCN(C)CC2)n1. The van der Waals surface area contributed by atoms with Crippen LogP contribution in [0.25, 0.3) is 0 Å². The summed E-state index contributed by atoms with van der Waals surface area (Å²) in [6.07, 6.45) is 3.61. The van der Waals surface area contributed by atoms with Crippen molar-refractivity contribution in [2.24, 2.45) is 0 Å². The van der Waals surface area contributed by atoms with Gasteiger partial charge in [0.05, 0.1) is 0 Å². The summed E-state index contributed by atoms with van der Waals surface area (Å²) in [7, 11) is 2.16. The molecule has 3 rings (SSSR count). The molecule has 0 amide bonds. The Morgan fingerprint density at radius 2 is 1.82 bits per heavy atom. The number of pyridine rings is 1. The maximum absolute atomic E-state index is 4.58. The van der Waals surface area contributed by atoms with Gasteiger partial charge < -0.3 is 15.1 Å². The smallest absolute Gasteiger partial charge is 0.134 e. The highest BCUT2D eigenvalue weighted by molar-refractivity contribution is 5.50. The fraction of sp³-hybridized carbons (Fsp3) is 0.438. The van der Waals surface area contributed by atoms with Crippen molar-refractivity contribution >= 4 is 11.6 Å². The molecule has 116 valence electrons. The molecule has 22 heavy (non-hydrogen) atoms. The van der Waals surface area contributed by atoms with E-state index in [9.17, 15) is 0 Å². The van der Waals surface area contributed by atoms with E-state index in [0.29, 0.717) is 0 Å². The van der Waals surface area contributed by atoms with Gasteiger partial charge in [-0.15, -0.1) is 0 Å². The minimum Gasteiger partial charge on any atom is -0.366 e. The molecule has 0 bridgehead atoms. The number of rotatable bonds is 4. The molecular formula is C16H22N6. The van der Waals surface area contributed by atoms with E-state index in [1.165, 1.54) is 5.56 Å². The largest absolute Gasteiger partial charge is 0.366 e. The molecular weight excluding hydrogens is 276 g/mol. The van der Waals surface area contributed by atoms with Crippen LogP contribution in [0, 0.1) is 6.92 Å². The van der Waals surface area contributed by atoms with Crippen molar-refractivity contribution in [3.05, 3.63) is 42.0 Å². The Bertz CT molecular complexity index is 607. The highest BCUT2D eigenvalue weighted by Crippen LogP contribution is 2.18. The molecule has 0 radical (unpaired) electrons. The van der Waals surface area contributed by atoms with Crippen LogP contribution in [0.3, 0.4) is 0 Å². The predicted molar refractivity (Wildman–Crippen MR) is 88.0 cm³/mol. The van der Waals surface area contributed by atoms with Crippen LogP contribution >= 0.6 is 0 Å². The van der Waals surface area contributed by atoms with Crippen molar-refractivity contribution in [1.82, 2.24) is 19.9 Å². The van der Waals surface area contributed by atoms with Crippen LogP contribution in [0.5, 0.6) is 0 Å². The average molecular weight is 298 g/mol. The quantitative estimate of drug-likeness (QED) is 0.924. The summed E-state index contributed by atoms with van der Waals surface area (Å²) in [6.45, 7) is 6.84. The topological polar surface area (TPSA) is 57.2 Å². The molecule has 1 aliphatic heterocycles. The van der Waals surface area contributed by atoms with Crippen molar-refractivity contribution in [1.29, 1.82) is 0 Å². The predicted octanol–water partition coefficient (Wildman–Crippen LogP) is 1.54. The Morgan fingerprint density at radius 3 is 2.55 bits per heavy atom. The summed E-state index contributed by atoms with van der Waals surface area (Å²) in [4.78, 5) is 17.8. The van der Waals surface area contributed by atoms with E-state index in [1.807, 2.05) is 25.1 Å². The minimum atomic E-state index is 0.737. The molecule has 1 aliphatic rings. The molecule has 0 unspecified atom stereocenters. The molecule has 3 heterocycles. The standard InChI is InChI=1S/C16H22N6/c1-13-19-15(18-12-14-3-5-17-6-4-14)11-16(20-13)22-9-7-21(2)8-10-22/h3-6,11H,7-10,12H2,1-2H3,(H,18,19,20). The van der Waals surface area contributed by atoms with Gasteiger partial charge in [0.25, 0.3) is 0 Å². The molecule has 6 nitrogen and oxygen atoms in total. The Labute approximate surface area is 131 Å². The van der Waals surface area contributed by atoms with Crippen LogP contribution in [-0.2, 0) is 6.54 Å². The van der Waals surface area contributed by atoms with Crippen molar-refractivity contribution in [2.45, 2.75) is 13.5 Å². The molecule has 0 aromatic carbocycles. The van der Waals surface area contributed by atoms with E-state index in [4.69, 9.17) is 0 Å². The van der Waals surface area contributed by atoms with Gasteiger partial charge in [-0.05, 0) is 31.7 Å². The summed E-state index contributed by atoms with van der Waals surface area (Å²) >= 11 is 0. The lowest BCUT2D eigenvalue weighted by molar-refractivity contribution is 0.312. The first-order valence-corrected chi connectivity index (χ1v) is 7.63. The fourth-order valence-electron chi connectivity index (χ4n) is 2.53. The van der Waals surface area contributed by atoms with Crippen molar-refractivity contribution in [3.63, 3.8) is 0 Å². The van der Waals surface area contributed by atoms with Crippen molar-refractivity contribution in [3.8, 4) is 0 Å². The van der Waals surface area contributed by atoms with Crippen LogP contribution in [0.2, 0.25) is 0 Å². The Kier molecular flexibility index (Phi) is 4.48. The van der Waals surface area contributed by atoms with Gasteiger partial charge in [-0.3, -0.25) is 4.98 Å². The summed E-state index contributed by atoms with van der Waals surface area (Å²) in [6, 6.07) is 6.05. The number of anilines is 2. The fourth-order valence-corrected chi connectivity index (χ4v) is 2.53. The van der Waals surface area contributed by atoms with E-state index >= 15 is 0 Å². The molecule has 0 atom stereocenters. The number of nitrogens with zero attached hydrogens (tertiary/aromatic N) is 5. The molecule has 6 heteroatoms. The van der Waals surface area contributed by atoms with Crippen LogP contribution < -0.4 is 10.2 Å². The molecule has 1 saturated heterocycles. The van der Waals surface area contributed by atoms with E-state index in [1.54, 1.807) is 12.4 Å². The third kappa shape index (κ3) is 3.71. The number of aryl methyl sites for hydroxylation is 1. The number of likely N-dealkylation sites (N-methyl/N-ethyl adjacent to an activating group) is 1. The summed E-state index contributed by atoms with van der Waals surface area (Å²) in [5, 5.41) is 3.37. The highest BCUT2D eigenvalue weighted by atomic mass is 15.3. The van der Waals surface area contributed by atoms with Gasteiger partial charge in [0.1, 0.15) is 17.5 Å². The van der Waals surface area contributed by atoms with Crippen LogP contribution in [-0.4, -0.2) is 53.1 Å². The van der Waals surface area contributed by atoms with Crippen LogP contribution in [0.1, 0.15) is 11.4 Å². The zero-order valence-electron chi connectivity index (χ0n) is 13.2. The second kappa shape index (κ2) is 6.70. The summed E-state index contributed by atoms with van der Waals surface area (Å²) in [5.41, 5.74) is 1.19. The second-order valence-corrected chi connectivity index (χ2v) is 5.66. The third-order valence-electron chi connectivity index (χ3n) is 3.87. The minimum absolute atomic E-state index is 0.737. The molecule has 2 aromatic heterocycles. The van der Waals surface area contributed by atoms with E-state index in [0.717, 1.165) is 50.2 Å². The normalized spacial score (nSPS) is 15.8. The van der Waals surface area contributed by atoms with E-state index < -0.39 is 0 Å². The van der Waals surface area contributed by atoms with Gasteiger partial charge >= 0.3 is 0 Å². The molecule has 1 fully saturated rings. The molecule has 0 aliphatic carbocycles. The van der Waals surface area contributed by atoms with Gasteiger partial charge in [-0.25, -0.2) is 9.97 Å². The maximum atomic E-state index is 4.58. The first-order valence-electron chi connectivity index (χ1n) is 7.63. The lowest BCUT2D eigenvalue weighted by atomic mass is 10.2. The molecule has 0 spiro atoms. The number of aromatic nitrogens is 3. The van der Waals surface area contributed by atoms with Gasteiger partial charge in [-0.1, -0.05) is 0 Å². The van der Waals surface area contributed by atoms with Gasteiger partial charge in [-0.2, -0.15) is 0 Å². The van der Waals surface area contributed by atoms with Crippen LogP contribution in [0.15, 0.2) is 30.6 Å². The van der Waals surface area contributed by atoms with Gasteiger partial charge in [0, 0.05) is 51.2 Å². The number of hydrogen-bond acceptors (Lipinski definition) is 6. The summed E-state index contributed by atoms with van der Waals surface area (Å²) < 4.78 is 0. The Morgan fingerprint density at radius 1 is 1.09 bits per heavy atom. The lowest BCUT2D eigenvalue weighted by Crippen LogP contribution is -2.44. The molecule has 2 aromatic rings. The van der Waals surface area contributed by atoms with E-state index in [2.05, 4.69) is 37.1 Å². The lowest BCUT2D eigenvalue weighted by Gasteiger charge is -2.33. The highest BCUT2D eigenvalue weighted by Gasteiger charge is 2.16. The Hall–Kier alpha value is -2.21. The molecule has 1 N–H and O–H groups in total. The van der Waals surface area contributed by atoms with Crippen molar-refractivity contribution < 1.29 is 0 Å². The zero-order valence-corrected chi connectivity index (χ0v) is 13.2. The summed E-state index contributed by atoms with van der Waals surface area (Å²) in [5.74, 6) is 2.68. The Balaban J connectivity index is 1.70.